The van der Waals surface area contributed by atoms with Crippen LogP contribution in [-0.4, -0.2) is 47.8 Å². The Kier molecular flexibility index (Phi) is 5.57. The summed E-state index contributed by atoms with van der Waals surface area (Å²) in [4.78, 5) is 39.9. The summed E-state index contributed by atoms with van der Waals surface area (Å²) in [6.45, 7) is 8.23. The molecule has 7 heteroatoms. The number of imide groups is 1. The standard InChI is InChI=1S/C21H26N2O4S/c1-6-27-18(24)12-23-19(25)17(28-20(23)26)10-14-7-8-16-15(9-14)13(2)11-21(3,4)22(16)5/h7-10,13H,6,11-12H2,1-5H3/b17-10+/t13-/m1/s1. The quantitative estimate of drug-likeness (QED) is 0.560. The zero-order valence-electron chi connectivity index (χ0n) is 16.9. The highest BCUT2D eigenvalue weighted by Crippen LogP contribution is 2.43. The number of amides is 2. The number of fused-ring (bicyclic) bond motifs is 1. The number of esters is 1. The van der Waals surface area contributed by atoms with Crippen LogP contribution in [0, 0.1) is 0 Å². The van der Waals surface area contributed by atoms with Crippen molar-refractivity contribution in [3.05, 3.63) is 34.2 Å². The van der Waals surface area contributed by atoms with Gasteiger partial charge in [0.05, 0.1) is 11.5 Å². The van der Waals surface area contributed by atoms with Gasteiger partial charge in [-0.1, -0.05) is 13.0 Å². The normalized spacial score (nSPS) is 22.6. The molecule has 2 aliphatic rings. The molecule has 2 amide bonds. The van der Waals surface area contributed by atoms with Gasteiger partial charge in [0.25, 0.3) is 11.1 Å². The number of hydrogen-bond donors (Lipinski definition) is 0. The molecule has 0 radical (unpaired) electrons. The molecule has 0 spiro atoms. The van der Waals surface area contributed by atoms with E-state index in [4.69, 9.17) is 4.74 Å². The number of rotatable bonds is 4. The lowest BCUT2D eigenvalue weighted by atomic mass is 9.80. The van der Waals surface area contributed by atoms with Gasteiger partial charge >= 0.3 is 5.97 Å². The predicted octanol–water partition coefficient (Wildman–Crippen LogP) is 4.01. The van der Waals surface area contributed by atoms with Crippen LogP contribution in [0.2, 0.25) is 0 Å². The van der Waals surface area contributed by atoms with Crippen LogP contribution in [0.1, 0.15) is 51.2 Å². The molecular weight excluding hydrogens is 376 g/mol. The lowest BCUT2D eigenvalue weighted by Crippen LogP contribution is -2.45. The van der Waals surface area contributed by atoms with E-state index in [1.807, 2.05) is 6.07 Å². The van der Waals surface area contributed by atoms with Crippen molar-refractivity contribution in [2.24, 2.45) is 0 Å². The van der Waals surface area contributed by atoms with Crippen LogP contribution in [0.25, 0.3) is 6.08 Å². The fraction of sp³-hybridized carbons (Fsp3) is 0.476. The Balaban J connectivity index is 1.85. The first-order valence-corrected chi connectivity index (χ1v) is 10.2. The molecule has 2 aliphatic heterocycles. The van der Waals surface area contributed by atoms with Crippen LogP contribution in [0.5, 0.6) is 0 Å². The fourth-order valence-corrected chi connectivity index (χ4v) is 4.65. The van der Waals surface area contributed by atoms with Crippen LogP contribution in [0.15, 0.2) is 23.1 Å². The Hall–Kier alpha value is -2.28. The first-order chi connectivity index (χ1) is 13.1. The molecule has 1 fully saturated rings. The molecule has 6 nitrogen and oxygen atoms in total. The van der Waals surface area contributed by atoms with Crippen molar-refractivity contribution in [3.8, 4) is 0 Å². The second kappa shape index (κ2) is 7.62. The number of nitrogens with zero attached hydrogens (tertiary/aromatic N) is 2. The Bertz CT molecular complexity index is 862. The molecule has 150 valence electrons. The van der Waals surface area contributed by atoms with Crippen molar-refractivity contribution in [2.75, 3.05) is 25.1 Å². The van der Waals surface area contributed by atoms with Gasteiger partial charge in [0.1, 0.15) is 6.54 Å². The number of hydrogen-bond acceptors (Lipinski definition) is 6. The van der Waals surface area contributed by atoms with Gasteiger partial charge in [0, 0.05) is 18.3 Å². The molecule has 1 atom stereocenters. The van der Waals surface area contributed by atoms with E-state index < -0.39 is 17.1 Å². The van der Waals surface area contributed by atoms with Crippen molar-refractivity contribution in [3.63, 3.8) is 0 Å². The van der Waals surface area contributed by atoms with Crippen molar-refractivity contribution in [1.29, 1.82) is 0 Å². The minimum Gasteiger partial charge on any atom is -0.465 e. The molecule has 2 heterocycles. The maximum Gasteiger partial charge on any atom is 0.326 e. The van der Waals surface area contributed by atoms with Gasteiger partial charge in [-0.15, -0.1) is 0 Å². The van der Waals surface area contributed by atoms with Crippen LogP contribution in [-0.2, 0) is 14.3 Å². The monoisotopic (exact) mass is 402 g/mol. The first kappa shape index (κ1) is 20.5. The fourth-order valence-electron chi connectivity index (χ4n) is 3.81. The van der Waals surface area contributed by atoms with Gasteiger partial charge in [0.2, 0.25) is 0 Å². The Morgan fingerprint density at radius 1 is 1.36 bits per heavy atom. The van der Waals surface area contributed by atoms with Gasteiger partial charge in [-0.2, -0.15) is 0 Å². The maximum absolute atomic E-state index is 12.6. The van der Waals surface area contributed by atoms with E-state index in [-0.39, 0.29) is 18.7 Å². The highest BCUT2D eigenvalue weighted by Gasteiger charge is 2.37. The summed E-state index contributed by atoms with van der Waals surface area (Å²) in [6, 6.07) is 6.12. The lowest BCUT2D eigenvalue weighted by molar-refractivity contribution is -0.145. The average Bonchev–Trinajstić information content (AvgIpc) is 2.87. The topological polar surface area (TPSA) is 66.9 Å². The zero-order chi connectivity index (χ0) is 20.6. The van der Waals surface area contributed by atoms with E-state index in [9.17, 15) is 14.4 Å². The predicted molar refractivity (Wildman–Crippen MR) is 111 cm³/mol. The lowest BCUT2D eigenvalue weighted by Gasteiger charge is -2.45. The SMILES string of the molecule is CCOC(=O)CN1C(=O)S/C(=C/c2ccc3c(c2)[C@H](C)CC(C)(C)N3C)C1=O. The van der Waals surface area contributed by atoms with E-state index in [0.29, 0.717) is 10.8 Å². The van der Waals surface area contributed by atoms with E-state index in [0.717, 1.165) is 28.6 Å². The molecule has 1 saturated heterocycles. The highest BCUT2D eigenvalue weighted by atomic mass is 32.2. The van der Waals surface area contributed by atoms with Crippen LogP contribution >= 0.6 is 11.8 Å². The molecule has 0 N–H and O–H groups in total. The van der Waals surface area contributed by atoms with Crippen molar-refractivity contribution in [1.82, 2.24) is 4.90 Å². The largest absolute Gasteiger partial charge is 0.465 e. The molecule has 0 saturated carbocycles. The third-order valence-corrected chi connectivity index (χ3v) is 6.33. The third-order valence-electron chi connectivity index (χ3n) is 5.42. The first-order valence-electron chi connectivity index (χ1n) is 9.43. The summed E-state index contributed by atoms with van der Waals surface area (Å²) in [6.07, 6.45) is 2.76. The van der Waals surface area contributed by atoms with Crippen molar-refractivity contribution < 1.29 is 19.1 Å². The summed E-state index contributed by atoms with van der Waals surface area (Å²) in [5.74, 6) is -0.639. The summed E-state index contributed by atoms with van der Waals surface area (Å²) in [5.41, 5.74) is 3.39. The number of anilines is 1. The molecule has 0 bridgehead atoms. The number of carbonyl (C=O) groups is 3. The Labute approximate surface area is 169 Å². The summed E-state index contributed by atoms with van der Waals surface area (Å²) < 4.78 is 4.84. The van der Waals surface area contributed by atoms with Gasteiger partial charge in [0.15, 0.2) is 0 Å². The second-order valence-electron chi connectivity index (χ2n) is 7.87. The van der Waals surface area contributed by atoms with Crippen LogP contribution in [0.4, 0.5) is 10.5 Å². The smallest absolute Gasteiger partial charge is 0.326 e. The molecule has 1 aromatic carbocycles. The molecular formula is C21H26N2O4S. The minimum absolute atomic E-state index is 0.0870. The molecule has 3 rings (SSSR count). The highest BCUT2D eigenvalue weighted by molar-refractivity contribution is 8.18. The minimum atomic E-state index is -0.584. The van der Waals surface area contributed by atoms with E-state index in [1.54, 1.807) is 13.0 Å². The second-order valence-corrected chi connectivity index (χ2v) is 8.86. The maximum atomic E-state index is 12.6. The molecule has 0 unspecified atom stereocenters. The molecule has 0 aromatic heterocycles. The van der Waals surface area contributed by atoms with Crippen LogP contribution < -0.4 is 4.90 Å². The molecule has 1 aromatic rings. The molecule has 0 aliphatic carbocycles. The number of benzene rings is 1. The number of carbonyl (C=O) groups excluding carboxylic acids is 3. The van der Waals surface area contributed by atoms with Gasteiger partial charge in [-0.25, -0.2) is 0 Å². The Morgan fingerprint density at radius 3 is 2.75 bits per heavy atom. The summed E-state index contributed by atoms with van der Waals surface area (Å²) >= 11 is 0.856. The van der Waals surface area contributed by atoms with Crippen molar-refractivity contribution in [2.45, 2.75) is 45.6 Å². The van der Waals surface area contributed by atoms with Gasteiger partial charge < -0.3 is 9.64 Å². The van der Waals surface area contributed by atoms with Gasteiger partial charge in [-0.3, -0.25) is 19.3 Å². The zero-order valence-corrected chi connectivity index (χ0v) is 17.8. The van der Waals surface area contributed by atoms with E-state index in [1.165, 1.54) is 11.3 Å². The third kappa shape index (κ3) is 3.81. The van der Waals surface area contributed by atoms with Crippen molar-refractivity contribution >= 4 is 40.6 Å². The molecule has 28 heavy (non-hydrogen) atoms. The van der Waals surface area contributed by atoms with Crippen LogP contribution in [0.3, 0.4) is 0 Å². The number of ether oxygens (including phenoxy) is 1. The summed E-state index contributed by atoms with van der Waals surface area (Å²) in [5, 5.41) is -0.447. The van der Waals surface area contributed by atoms with Gasteiger partial charge in [-0.05, 0) is 74.2 Å². The van der Waals surface area contributed by atoms with E-state index in [2.05, 4.69) is 44.9 Å². The summed E-state index contributed by atoms with van der Waals surface area (Å²) in [7, 11) is 2.10. The average molecular weight is 403 g/mol. The Morgan fingerprint density at radius 2 is 2.07 bits per heavy atom. The van der Waals surface area contributed by atoms with E-state index >= 15 is 0 Å². The number of thioether (sulfide) groups is 1.